The average Bonchev–Trinajstić information content (AvgIpc) is 2.53. The quantitative estimate of drug-likeness (QED) is 0.667. The van der Waals surface area contributed by atoms with Crippen LogP contribution in [-0.4, -0.2) is 6.29 Å². The minimum Gasteiger partial charge on any atom is -0.297 e. The van der Waals surface area contributed by atoms with Crippen molar-refractivity contribution in [3.8, 4) is 0 Å². The highest BCUT2D eigenvalue weighted by atomic mass is 32.1. The molecule has 1 aromatic rings. The van der Waals surface area contributed by atoms with Gasteiger partial charge in [-0.3, -0.25) is 4.79 Å². The summed E-state index contributed by atoms with van der Waals surface area (Å²) in [6, 6.07) is 0. The van der Waals surface area contributed by atoms with E-state index in [4.69, 9.17) is 0 Å². The molecule has 1 aromatic heterocycles. The van der Waals surface area contributed by atoms with Crippen molar-refractivity contribution in [2.24, 2.45) is 0 Å². The maximum atomic E-state index is 11.1. The summed E-state index contributed by atoms with van der Waals surface area (Å²) >= 11 is 1.70. The Morgan fingerprint density at radius 1 is 1.12 bits per heavy atom. The molecule has 1 aliphatic rings. The van der Waals surface area contributed by atoms with Crippen molar-refractivity contribution >= 4 is 17.6 Å². The highest BCUT2D eigenvalue weighted by molar-refractivity contribution is 7.14. The lowest BCUT2D eigenvalue weighted by molar-refractivity contribution is 0.112. The molecule has 0 fully saturated rings. The first-order chi connectivity index (χ1) is 7.29. The Hall–Kier alpha value is -0.630. The van der Waals surface area contributed by atoms with Crippen molar-refractivity contribution in [3.05, 3.63) is 20.9 Å². The molecule has 0 aliphatic heterocycles. The number of hydrogen-bond donors (Lipinski definition) is 0. The van der Waals surface area contributed by atoms with Gasteiger partial charge in [0.2, 0.25) is 0 Å². The summed E-state index contributed by atoms with van der Waals surface area (Å²) in [5.74, 6) is 0. The van der Waals surface area contributed by atoms with Crippen LogP contribution >= 0.6 is 11.3 Å². The fourth-order valence-corrected chi connectivity index (χ4v) is 4.23. The van der Waals surface area contributed by atoms with Gasteiger partial charge in [0.15, 0.2) is 6.29 Å². The van der Waals surface area contributed by atoms with Gasteiger partial charge in [0.25, 0.3) is 0 Å². The zero-order valence-electron chi connectivity index (χ0n) is 10.8. The van der Waals surface area contributed by atoms with Gasteiger partial charge in [-0.25, -0.2) is 0 Å². The average molecular weight is 236 g/mol. The summed E-state index contributed by atoms with van der Waals surface area (Å²) in [5, 5.41) is 0. The largest absolute Gasteiger partial charge is 0.297 e. The molecule has 0 atom stereocenters. The van der Waals surface area contributed by atoms with E-state index in [0.29, 0.717) is 0 Å². The lowest BCUT2D eigenvalue weighted by Gasteiger charge is -2.39. The lowest BCUT2D eigenvalue weighted by atomic mass is 9.66. The maximum absolute atomic E-state index is 11.1. The van der Waals surface area contributed by atoms with Gasteiger partial charge >= 0.3 is 0 Å². The zero-order valence-corrected chi connectivity index (χ0v) is 11.6. The van der Waals surface area contributed by atoms with Crippen LogP contribution in [-0.2, 0) is 10.8 Å². The molecule has 1 nitrogen and oxygen atoms in total. The number of rotatable bonds is 1. The molecule has 1 aliphatic carbocycles. The Kier molecular flexibility index (Phi) is 2.54. The van der Waals surface area contributed by atoms with Crippen molar-refractivity contribution < 1.29 is 4.79 Å². The molecular formula is C14H20OS. The van der Waals surface area contributed by atoms with Crippen molar-refractivity contribution in [3.63, 3.8) is 0 Å². The molecule has 1 heterocycles. The molecular weight excluding hydrogens is 216 g/mol. The van der Waals surface area contributed by atoms with E-state index < -0.39 is 0 Å². The molecule has 0 radical (unpaired) electrons. The van der Waals surface area contributed by atoms with Crippen molar-refractivity contribution in [1.82, 2.24) is 0 Å². The molecule has 0 N–H and O–H groups in total. The van der Waals surface area contributed by atoms with Gasteiger partial charge in [-0.1, -0.05) is 27.7 Å². The van der Waals surface area contributed by atoms with E-state index in [0.717, 1.165) is 11.2 Å². The van der Waals surface area contributed by atoms with Crippen LogP contribution in [0.15, 0.2) is 0 Å². The molecule has 2 rings (SSSR count). The molecule has 0 amide bonds. The molecule has 0 unspecified atom stereocenters. The van der Waals surface area contributed by atoms with Gasteiger partial charge < -0.3 is 0 Å². The monoisotopic (exact) mass is 236 g/mol. The SMILES string of the molecule is Cc1c(C=O)sc2c1C(C)(C)CCC2(C)C. The molecule has 0 bridgehead atoms. The number of carbonyl (C=O) groups excluding carboxylic acids is 1. The van der Waals surface area contributed by atoms with Crippen LogP contribution in [0.25, 0.3) is 0 Å². The van der Waals surface area contributed by atoms with Crippen LogP contribution in [0.4, 0.5) is 0 Å². The van der Waals surface area contributed by atoms with Crippen molar-refractivity contribution in [1.29, 1.82) is 0 Å². The van der Waals surface area contributed by atoms with E-state index >= 15 is 0 Å². The zero-order chi connectivity index (χ0) is 12.1. The number of hydrogen-bond acceptors (Lipinski definition) is 2. The first kappa shape index (κ1) is 11.8. The van der Waals surface area contributed by atoms with Gasteiger partial charge in [-0.2, -0.15) is 0 Å². The summed E-state index contributed by atoms with van der Waals surface area (Å²) in [6.45, 7) is 11.3. The van der Waals surface area contributed by atoms with E-state index in [9.17, 15) is 4.79 Å². The number of thiophene rings is 1. The number of aldehydes is 1. The minimum atomic E-state index is 0.229. The molecule has 0 spiro atoms. The molecule has 0 aromatic carbocycles. The van der Waals surface area contributed by atoms with E-state index in [1.807, 2.05) is 0 Å². The molecule has 2 heteroatoms. The van der Waals surface area contributed by atoms with Crippen LogP contribution < -0.4 is 0 Å². The number of carbonyl (C=O) groups is 1. The molecule has 0 saturated carbocycles. The van der Waals surface area contributed by atoms with Gasteiger partial charge in [0, 0.05) is 4.88 Å². The molecule has 0 saturated heterocycles. The summed E-state index contributed by atoms with van der Waals surface area (Å²) < 4.78 is 0. The Labute approximate surface area is 102 Å². The summed E-state index contributed by atoms with van der Waals surface area (Å²) in [5.41, 5.74) is 3.12. The summed E-state index contributed by atoms with van der Waals surface area (Å²) in [4.78, 5) is 13.4. The van der Waals surface area contributed by atoms with Crippen molar-refractivity contribution in [2.75, 3.05) is 0 Å². The van der Waals surface area contributed by atoms with Crippen LogP contribution in [0.3, 0.4) is 0 Å². The smallest absolute Gasteiger partial charge is 0.160 e. The second-order valence-corrected chi connectivity index (χ2v) is 7.23. The van der Waals surface area contributed by atoms with E-state index in [-0.39, 0.29) is 10.8 Å². The van der Waals surface area contributed by atoms with Gasteiger partial charge in [0.1, 0.15) is 0 Å². The topological polar surface area (TPSA) is 17.1 Å². The van der Waals surface area contributed by atoms with Gasteiger partial charge in [-0.15, -0.1) is 11.3 Å². The first-order valence-electron chi connectivity index (χ1n) is 5.89. The second kappa shape index (κ2) is 3.43. The van der Waals surface area contributed by atoms with Crippen LogP contribution in [0, 0.1) is 6.92 Å². The van der Waals surface area contributed by atoms with Crippen molar-refractivity contribution in [2.45, 2.75) is 58.3 Å². The fourth-order valence-electron chi connectivity index (χ4n) is 2.80. The van der Waals surface area contributed by atoms with Crippen LogP contribution in [0.2, 0.25) is 0 Å². The second-order valence-electron chi connectivity index (χ2n) is 6.18. The normalized spacial score (nSPS) is 21.6. The Balaban J connectivity index is 2.72. The third-order valence-electron chi connectivity index (χ3n) is 3.96. The predicted octanol–water partition coefficient (Wildman–Crippen LogP) is 4.22. The van der Waals surface area contributed by atoms with E-state index in [2.05, 4.69) is 34.6 Å². The standard InChI is InChI=1S/C14H20OS/c1-9-10(8-15)16-12-11(9)13(2,3)6-7-14(12,4)5/h8H,6-7H2,1-5H3. The summed E-state index contributed by atoms with van der Waals surface area (Å²) in [7, 11) is 0. The van der Waals surface area contributed by atoms with E-state index in [1.54, 1.807) is 11.3 Å². The predicted molar refractivity (Wildman–Crippen MR) is 69.7 cm³/mol. The van der Waals surface area contributed by atoms with Gasteiger partial charge in [-0.05, 0) is 41.7 Å². The Bertz CT molecular complexity index is 438. The summed E-state index contributed by atoms with van der Waals surface area (Å²) in [6.07, 6.45) is 3.44. The third kappa shape index (κ3) is 1.55. The Morgan fingerprint density at radius 2 is 1.69 bits per heavy atom. The highest BCUT2D eigenvalue weighted by Crippen LogP contribution is 2.50. The van der Waals surface area contributed by atoms with E-state index in [1.165, 1.54) is 28.8 Å². The minimum absolute atomic E-state index is 0.229. The lowest BCUT2D eigenvalue weighted by Crippen LogP contribution is -2.32. The first-order valence-corrected chi connectivity index (χ1v) is 6.71. The maximum Gasteiger partial charge on any atom is 0.160 e. The molecule has 88 valence electrons. The van der Waals surface area contributed by atoms with Crippen LogP contribution in [0.5, 0.6) is 0 Å². The molecule has 16 heavy (non-hydrogen) atoms. The highest BCUT2D eigenvalue weighted by Gasteiger charge is 2.40. The third-order valence-corrected chi connectivity index (χ3v) is 5.54. The fraction of sp³-hybridized carbons (Fsp3) is 0.643. The Morgan fingerprint density at radius 3 is 2.19 bits per heavy atom. The number of fused-ring (bicyclic) bond motifs is 1. The van der Waals surface area contributed by atoms with Crippen LogP contribution in [0.1, 0.15) is 66.2 Å². The van der Waals surface area contributed by atoms with Gasteiger partial charge in [0.05, 0.1) is 4.88 Å².